The predicted octanol–water partition coefficient (Wildman–Crippen LogP) is 24.5. The molecule has 14 rings (SSSR count). The van der Waals surface area contributed by atoms with Gasteiger partial charge in [0.1, 0.15) is 98.6 Å². The first-order chi connectivity index (χ1) is 70.4. The summed E-state index contributed by atoms with van der Waals surface area (Å²) in [5, 5.41) is 9.37. The Morgan fingerprint density at radius 2 is 0.594 bits per heavy atom. The summed E-state index contributed by atoms with van der Waals surface area (Å²) >= 11 is 0. The van der Waals surface area contributed by atoms with Gasteiger partial charge in [-0.05, 0) is 143 Å². The Morgan fingerprint density at radius 1 is 0.266 bits per heavy atom. The molecular formula is C120H131N3O20. The minimum Gasteiger partial charge on any atom is -0.490 e. The number of nitrogens with one attached hydrogen (secondary N) is 3. The predicted molar refractivity (Wildman–Crippen MR) is 558 cm³/mol. The quantitative estimate of drug-likeness (QED) is 0.0299. The van der Waals surface area contributed by atoms with Crippen molar-refractivity contribution in [1.82, 2.24) is 16.0 Å². The molecule has 23 nitrogen and oxygen atoms in total. The van der Waals surface area contributed by atoms with E-state index in [1.165, 1.54) is 64.2 Å². The lowest BCUT2D eigenvalue weighted by Crippen LogP contribution is -2.28. The van der Waals surface area contributed by atoms with E-state index in [2.05, 4.69) is 22.9 Å². The van der Waals surface area contributed by atoms with Crippen LogP contribution in [0, 0.1) is 6.92 Å². The standard InChI is InChI=1S/C120H131N3O20/c1-3-4-5-6-7-8-9-10-11-12-13-14-36-53-110(124)121-63-62-89-56-59-100(131-66-37-54-111(125)122-64-68-129-70-72-133-119-115(127)113-106(140-86-95-49-32-20-33-50-95)74-88(2)75-108(113)142-117(119)97-57-60-101(136-82-91-41-24-16-25-42-91)104(77-97)138-84-93-45-28-18-29-46-93)103(76-89)132-67-38-55-112(126)123-65-69-130-71-73-134-120-116(128)114-107(141-87-96-51-34-21-35-52-96)79-99(135-81-90-39-22-15-23-40-90)80-109(114)143-118(120)98-58-61-102(137-83-92-43-26-17-27-44-92)105(78-98)139-85-94-47-30-19-31-48-94/h15-35,39-52,56-61,74-80H,3-14,36-38,53-55,62-73,81-87H2,1-2H3,(H,121,124)(H,122,125)(H,123,126). The molecule has 0 saturated heterocycles. The summed E-state index contributed by atoms with van der Waals surface area (Å²) in [4.78, 5) is 70.3. The van der Waals surface area contributed by atoms with E-state index in [0.29, 0.717) is 102 Å². The van der Waals surface area contributed by atoms with Crippen molar-refractivity contribution in [2.45, 2.75) is 182 Å². The van der Waals surface area contributed by atoms with Crippen molar-refractivity contribution in [2.75, 3.05) is 72.5 Å². The molecule has 2 aromatic heterocycles. The number of ether oxygens (including phenoxy) is 13. The van der Waals surface area contributed by atoms with Crippen LogP contribution in [0.4, 0.5) is 0 Å². The average molecular weight is 1940 g/mol. The molecule has 14 aromatic rings. The van der Waals surface area contributed by atoms with Gasteiger partial charge in [0.25, 0.3) is 0 Å². The molecule has 23 heteroatoms. The van der Waals surface area contributed by atoms with Gasteiger partial charge in [-0.1, -0.05) is 302 Å². The Bertz CT molecular complexity index is 6370. The molecule has 0 bridgehead atoms. The minimum atomic E-state index is -0.492. The van der Waals surface area contributed by atoms with Gasteiger partial charge in [0.05, 0.1) is 39.6 Å². The van der Waals surface area contributed by atoms with Gasteiger partial charge in [-0.2, -0.15) is 0 Å². The van der Waals surface area contributed by atoms with E-state index in [0.717, 1.165) is 69.3 Å². The summed E-state index contributed by atoms with van der Waals surface area (Å²) in [5.74, 6) is 3.50. The van der Waals surface area contributed by atoms with Crippen LogP contribution in [0.25, 0.3) is 44.6 Å². The SMILES string of the molecule is CCCCCCCCCCCCCCCC(=O)NCCc1ccc(OCCCC(=O)NCCOCCOc2c(-c3ccc(OCc4ccccc4)c(OCc4ccccc4)c3)oc3cc(C)cc(OCc4ccccc4)c3c2=O)c(OCCCC(=O)NCCOCCOc2c(-c3ccc(OCc4ccccc4)c(OCc4ccccc4)c3)oc3cc(OCc4ccccc4)cc(OCc4ccccc4)c3c2=O)c1. The zero-order valence-electron chi connectivity index (χ0n) is 82.0. The molecule has 0 atom stereocenters. The smallest absolute Gasteiger partial charge is 0.239 e. The van der Waals surface area contributed by atoms with Crippen molar-refractivity contribution in [3.05, 3.63) is 362 Å². The number of fused-ring (bicyclic) bond motifs is 2. The summed E-state index contributed by atoms with van der Waals surface area (Å²) in [7, 11) is 0. The second kappa shape index (κ2) is 57.8. The highest BCUT2D eigenvalue weighted by Crippen LogP contribution is 2.44. The van der Waals surface area contributed by atoms with E-state index in [4.69, 9.17) is 70.4 Å². The maximum Gasteiger partial charge on any atom is 0.239 e. The van der Waals surface area contributed by atoms with Gasteiger partial charge >= 0.3 is 0 Å². The molecule has 746 valence electrons. The summed E-state index contributed by atoms with van der Waals surface area (Å²) in [6.45, 7) is 7.25. The molecule has 0 radical (unpaired) electrons. The fourth-order valence-corrected chi connectivity index (χ4v) is 16.3. The number of aryl methyl sites for hydroxylation is 1. The fourth-order valence-electron chi connectivity index (χ4n) is 16.3. The molecule has 12 aromatic carbocycles. The van der Waals surface area contributed by atoms with Crippen LogP contribution >= 0.6 is 0 Å². The van der Waals surface area contributed by atoms with Gasteiger partial charge < -0.3 is 86.4 Å². The lowest BCUT2D eigenvalue weighted by molar-refractivity contribution is -0.122. The number of amides is 3. The largest absolute Gasteiger partial charge is 0.490 e. The Labute approximate surface area is 837 Å². The molecular weight excluding hydrogens is 1800 g/mol. The molecule has 0 aliphatic carbocycles. The maximum absolute atomic E-state index is 15.4. The number of rotatable bonds is 64. The van der Waals surface area contributed by atoms with Crippen molar-refractivity contribution < 1.29 is 84.8 Å². The lowest BCUT2D eigenvalue weighted by atomic mass is 10.0. The van der Waals surface area contributed by atoms with Crippen molar-refractivity contribution in [3.8, 4) is 85.9 Å². The lowest BCUT2D eigenvalue weighted by Gasteiger charge is -2.17. The first-order valence-corrected chi connectivity index (χ1v) is 50.2. The van der Waals surface area contributed by atoms with Gasteiger partial charge in [0.15, 0.2) is 46.0 Å². The average Bonchev–Trinajstić information content (AvgIpc) is 0.758. The van der Waals surface area contributed by atoms with Crippen LogP contribution < -0.4 is 78.9 Å². The number of carbonyl (C=O) groups is 3. The number of unbranched alkanes of at least 4 members (excludes halogenated alkanes) is 12. The van der Waals surface area contributed by atoms with Crippen molar-refractivity contribution in [1.29, 1.82) is 0 Å². The zero-order chi connectivity index (χ0) is 98.9. The highest BCUT2D eigenvalue weighted by Gasteiger charge is 2.27. The molecule has 2 heterocycles. The van der Waals surface area contributed by atoms with Gasteiger partial charge in [0, 0.05) is 62.2 Å². The molecule has 0 spiro atoms. The zero-order valence-corrected chi connectivity index (χ0v) is 82.0. The maximum atomic E-state index is 15.4. The summed E-state index contributed by atoms with van der Waals surface area (Å²) < 4.78 is 96.3. The first kappa shape index (κ1) is 104. The summed E-state index contributed by atoms with van der Waals surface area (Å²) in [5.41, 5.74) is 8.87. The van der Waals surface area contributed by atoms with Gasteiger partial charge in [-0.25, -0.2) is 0 Å². The number of carbonyl (C=O) groups excluding carboxylic acids is 3. The van der Waals surface area contributed by atoms with E-state index in [9.17, 15) is 14.4 Å². The molecule has 143 heavy (non-hydrogen) atoms. The van der Waals surface area contributed by atoms with E-state index in [1.54, 1.807) is 48.5 Å². The second-order valence-electron chi connectivity index (χ2n) is 35.3. The third-order valence-electron chi connectivity index (χ3n) is 24.0. The van der Waals surface area contributed by atoms with Crippen molar-refractivity contribution in [2.24, 2.45) is 0 Å². The van der Waals surface area contributed by atoms with Crippen LogP contribution in [0.1, 0.15) is 173 Å². The van der Waals surface area contributed by atoms with Crippen LogP contribution in [-0.4, -0.2) is 90.2 Å². The topological polar surface area (TPSA) is 268 Å². The molecule has 0 fully saturated rings. The van der Waals surface area contributed by atoms with Crippen molar-refractivity contribution >= 4 is 39.7 Å². The summed E-state index contributed by atoms with van der Waals surface area (Å²) in [6, 6.07) is 91.8. The minimum absolute atomic E-state index is 0.0298. The summed E-state index contributed by atoms with van der Waals surface area (Å²) in [6.07, 6.45) is 18.1. The van der Waals surface area contributed by atoms with Crippen LogP contribution in [0.5, 0.6) is 63.2 Å². The van der Waals surface area contributed by atoms with Crippen LogP contribution in [0.3, 0.4) is 0 Å². The normalized spacial score (nSPS) is 11.1. The molecule has 3 amide bonds. The van der Waals surface area contributed by atoms with Crippen LogP contribution in [-0.2, 0) is 76.5 Å². The number of hydrogen-bond acceptors (Lipinski definition) is 20. The van der Waals surface area contributed by atoms with E-state index in [-0.39, 0.29) is 181 Å². The van der Waals surface area contributed by atoms with Gasteiger partial charge in [-0.3, -0.25) is 24.0 Å². The van der Waals surface area contributed by atoms with E-state index >= 15 is 9.59 Å². The van der Waals surface area contributed by atoms with Gasteiger partial charge in [0.2, 0.25) is 40.1 Å². The first-order valence-electron chi connectivity index (χ1n) is 50.2. The Balaban J connectivity index is 0.575. The van der Waals surface area contributed by atoms with Gasteiger partial charge in [-0.15, -0.1) is 0 Å². The third kappa shape index (κ3) is 34.0. The van der Waals surface area contributed by atoms with Crippen LogP contribution in [0.2, 0.25) is 0 Å². The number of benzene rings is 12. The highest BCUT2D eigenvalue weighted by molar-refractivity contribution is 5.90. The van der Waals surface area contributed by atoms with Crippen LogP contribution in [0.15, 0.2) is 310 Å². The van der Waals surface area contributed by atoms with E-state index in [1.807, 2.05) is 250 Å². The Kier molecular flexibility index (Phi) is 42.0. The van der Waals surface area contributed by atoms with Crippen molar-refractivity contribution in [3.63, 3.8) is 0 Å². The molecule has 0 unspecified atom stereocenters. The molecule has 0 saturated carbocycles. The fraction of sp³-hybridized carbons (Fsp3) is 0.325. The molecule has 3 N–H and O–H groups in total. The Morgan fingerprint density at radius 3 is 1.01 bits per heavy atom. The third-order valence-corrected chi connectivity index (χ3v) is 24.0. The second-order valence-corrected chi connectivity index (χ2v) is 35.3. The monoisotopic (exact) mass is 1930 g/mol. The molecule has 0 aliphatic rings. The highest BCUT2D eigenvalue weighted by atomic mass is 16.6. The van der Waals surface area contributed by atoms with E-state index < -0.39 is 10.9 Å². The number of hydrogen-bond donors (Lipinski definition) is 3. The molecule has 0 aliphatic heterocycles. The Hall–Kier alpha value is -14.8.